The monoisotopic (exact) mass is 328 g/mol. The summed E-state index contributed by atoms with van der Waals surface area (Å²) >= 11 is 1.29. The third-order valence-electron chi connectivity index (χ3n) is 3.32. The molecule has 118 valence electrons. The molecular weight excluding hydrogens is 312 g/mol. The second kappa shape index (κ2) is 6.70. The molecule has 3 rings (SSSR count). The van der Waals surface area contributed by atoms with Crippen LogP contribution in [0.25, 0.3) is 11.6 Å². The second-order valence-corrected chi connectivity index (χ2v) is 6.33. The Morgan fingerprint density at radius 2 is 2.04 bits per heavy atom. The van der Waals surface area contributed by atoms with Crippen molar-refractivity contribution in [3.8, 4) is 11.6 Å². The number of nitrogens with two attached hydrogens (primary N) is 1. The average molecular weight is 328 g/mol. The largest absolute Gasteiger partial charge is 0.461 e. The Hall–Kier alpha value is -2.54. The fraction of sp³-hybridized carbons (Fsp3) is 0.188. The molecule has 2 aromatic heterocycles. The number of carbonyl (C=O) groups is 1. The van der Waals surface area contributed by atoms with Crippen molar-refractivity contribution in [2.75, 3.05) is 0 Å². The number of hydrogen-bond acceptors (Lipinski definition) is 5. The molecule has 0 saturated carbocycles. The molecule has 7 heteroatoms. The first-order valence-corrected chi connectivity index (χ1v) is 8.00. The molecule has 6 nitrogen and oxygen atoms in total. The van der Waals surface area contributed by atoms with Crippen molar-refractivity contribution in [2.24, 2.45) is 5.73 Å². The third kappa shape index (κ3) is 3.45. The van der Waals surface area contributed by atoms with Gasteiger partial charge in [0.2, 0.25) is 11.7 Å². The SMILES string of the molecule is C[C@H](Sc1nnc(-c2ccco2)n1Cc1ccccc1)C(N)=O. The van der Waals surface area contributed by atoms with E-state index < -0.39 is 5.25 Å². The first-order chi connectivity index (χ1) is 11.1. The maximum absolute atomic E-state index is 11.3. The van der Waals surface area contributed by atoms with E-state index in [1.165, 1.54) is 11.8 Å². The van der Waals surface area contributed by atoms with Gasteiger partial charge >= 0.3 is 0 Å². The number of rotatable bonds is 6. The molecule has 0 aliphatic heterocycles. The Balaban J connectivity index is 1.98. The van der Waals surface area contributed by atoms with E-state index in [4.69, 9.17) is 10.2 Å². The molecule has 0 aliphatic carbocycles. The number of carbonyl (C=O) groups excluding carboxylic acids is 1. The van der Waals surface area contributed by atoms with Crippen LogP contribution in [0.2, 0.25) is 0 Å². The van der Waals surface area contributed by atoms with Crippen molar-refractivity contribution in [1.29, 1.82) is 0 Å². The summed E-state index contributed by atoms with van der Waals surface area (Å²) in [5.74, 6) is 0.869. The summed E-state index contributed by atoms with van der Waals surface area (Å²) in [6.07, 6.45) is 1.59. The lowest BCUT2D eigenvalue weighted by molar-refractivity contribution is -0.117. The second-order valence-electron chi connectivity index (χ2n) is 5.02. The summed E-state index contributed by atoms with van der Waals surface area (Å²) in [4.78, 5) is 11.3. The molecule has 0 radical (unpaired) electrons. The van der Waals surface area contributed by atoms with Crippen molar-refractivity contribution < 1.29 is 9.21 Å². The summed E-state index contributed by atoms with van der Waals surface area (Å²) in [5, 5.41) is 8.65. The van der Waals surface area contributed by atoms with Crippen LogP contribution < -0.4 is 5.73 Å². The van der Waals surface area contributed by atoms with E-state index in [2.05, 4.69) is 10.2 Å². The Kier molecular flexibility index (Phi) is 4.47. The Morgan fingerprint density at radius 1 is 1.26 bits per heavy atom. The van der Waals surface area contributed by atoms with Gasteiger partial charge in [-0.25, -0.2) is 0 Å². The highest BCUT2D eigenvalue weighted by atomic mass is 32.2. The fourth-order valence-electron chi connectivity index (χ4n) is 2.09. The van der Waals surface area contributed by atoms with Crippen LogP contribution >= 0.6 is 11.8 Å². The number of aromatic nitrogens is 3. The molecule has 0 unspecified atom stereocenters. The van der Waals surface area contributed by atoms with Gasteiger partial charge in [-0.15, -0.1) is 10.2 Å². The predicted molar refractivity (Wildman–Crippen MR) is 87.8 cm³/mol. The van der Waals surface area contributed by atoms with Crippen molar-refractivity contribution in [3.63, 3.8) is 0 Å². The molecule has 1 amide bonds. The summed E-state index contributed by atoms with van der Waals surface area (Å²) < 4.78 is 7.37. The lowest BCUT2D eigenvalue weighted by atomic mass is 10.2. The number of furan rings is 1. The van der Waals surface area contributed by atoms with Crippen LogP contribution in [0, 0.1) is 0 Å². The Bertz CT molecular complexity index is 784. The lowest BCUT2D eigenvalue weighted by Crippen LogP contribution is -2.23. The molecule has 3 aromatic rings. The van der Waals surface area contributed by atoms with Crippen molar-refractivity contribution in [3.05, 3.63) is 54.3 Å². The van der Waals surface area contributed by atoms with E-state index in [1.807, 2.05) is 41.0 Å². The molecule has 23 heavy (non-hydrogen) atoms. The van der Waals surface area contributed by atoms with Crippen LogP contribution in [0.1, 0.15) is 12.5 Å². The van der Waals surface area contributed by atoms with Crippen LogP contribution in [0.3, 0.4) is 0 Å². The van der Waals surface area contributed by atoms with E-state index >= 15 is 0 Å². The zero-order chi connectivity index (χ0) is 16.2. The molecule has 1 aromatic carbocycles. The van der Waals surface area contributed by atoms with Crippen molar-refractivity contribution in [1.82, 2.24) is 14.8 Å². The number of hydrogen-bond donors (Lipinski definition) is 1. The topological polar surface area (TPSA) is 86.9 Å². The molecule has 2 heterocycles. The predicted octanol–water partition coefficient (Wildman–Crippen LogP) is 2.55. The van der Waals surface area contributed by atoms with E-state index in [-0.39, 0.29) is 5.91 Å². The minimum Gasteiger partial charge on any atom is -0.461 e. The van der Waals surface area contributed by atoms with E-state index in [0.29, 0.717) is 23.3 Å². The van der Waals surface area contributed by atoms with Gasteiger partial charge < -0.3 is 10.2 Å². The van der Waals surface area contributed by atoms with Gasteiger partial charge in [0, 0.05) is 0 Å². The zero-order valence-electron chi connectivity index (χ0n) is 12.5. The molecule has 2 N–H and O–H groups in total. The fourth-order valence-corrected chi connectivity index (χ4v) is 2.89. The maximum Gasteiger partial charge on any atom is 0.230 e. The molecule has 0 saturated heterocycles. The molecule has 0 fully saturated rings. The molecule has 0 bridgehead atoms. The van der Waals surface area contributed by atoms with Gasteiger partial charge in [-0.2, -0.15) is 0 Å². The molecule has 0 aliphatic rings. The number of nitrogens with zero attached hydrogens (tertiary/aromatic N) is 3. The van der Waals surface area contributed by atoms with Crippen LogP contribution in [0.15, 0.2) is 58.3 Å². The maximum atomic E-state index is 11.3. The van der Waals surface area contributed by atoms with Gasteiger partial charge in [-0.05, 0) is 24.6 Å². The average Bonchev–Trinajstić information content (AvgIpc) is 3.19. The Morgan fingerprint density at radius 3 is 2.70 bits per heavy atom. The number of thioether (sulfide) groups is 1. The molecule has 0 spiro atoms. The molecular formula is C16H16N4O2S. The van der Waals surface area contributed by atoms with Crippen LogP contribution in [-0.4, -0.2) is 25.9 Å². The highest BCUT2D eigenvalue weighted by molar-refractivity contribution is 8.00. The van der Waals surface area contributed by atoms with E-state index in [0.717, 1.165) is 5.56 Å². The summed E-state index contributed by atoms with van der Waals surface area (Å²) in [5.41, 5.74) is 6.46. The van der Waals surface area contributed by atoms with Crippen LogP contribution in [0.5, 0.6) is 0 Å². The highest BCUT2D eigenvalue weighted by Crippen LogP contribution is 2.27. The number of amides is 1. The minimum atomic E-state index is -0.391. The van der Waals surface area contributed by atoms with E-state index in [1.54, 1.807) is 19.3 Å². The van der Waals surface area contributed by atoms with Gasteiger partial charge in [0.25, 0.3) is 0 Å². The van der Waals surface area contributed by atoms with Crippen LogP contribution in [0.4, 0.5) is 0 Å². The molecule has 1 atom stereocenters. The minimum absolute atomic E-state index is 0.385. The zero-order valence-corrected chi connectivity index (χ0v) is 13.4. The summed E-state index contributed by atoms with van der Waals surface area (Å²) in [6.45, 7) is 2.33. The first kappa shape index (κ1) is 15.4. The number of primary amides is 1. The number of benzene rings is 1. The standard InChI is InChI=1S/C16H16N4O2S/c1-11(14(17)21)23-16-19-18-15(13-8-5-9-22-13)20(16)10-12-6-3-2-4-7-12/h2-9,11H,10H2,1H3,(H2,17,21)/t11-/m0/s1. The normalized spacial score (nSPS) is 12.2. The van der Waals surface area contributed by atoms with Crippen molar-refractivity contribution in [2.45, 2.75) is 23.9 Å². The lowest BCUT2D eigenvalue weighted by Gasteiger charge is -2.11. The highest BCUT2D eigenvalue weighted by Gasteiger charge is 2.20. The smallest absolute Gasteiger partial charge is 0.230 e. The Labute approximate surface area is 137 Å². The van der Waals surface area contributed by atoms with Gasteiger partial charge in [-0.1, -0.05) is 42.1 Å². The van der Waals surface area contributed by atoms with Crippen LogP contribution in [-0.2, 0) is 11.3 Å². The van der Waals surface area contributed by atoms with Gasteiger partial charge in [-0.3, -0.25) is 9.36 Å². The quantitative estimate of drug-likeness (QED) is 0.703. The van der Waals surface area contributed by atoms with E-state index in [9.17, 15) is 4.79 Å². The third-order valence-corrected chi connectivity index (χ3v) is 4.42. The van der Waals surface area contributed by atoms with Crippen molar-refractivity contribution >= 4 is 17.7 Å². The first-order valence-electron chi connectivity index (χ1n) is 7.12. The van der Waals surface area contributed by atoms with Gasteiger partial charge in [0.1, 0.15) is 0 Å². The van der Waals surface area contributed by atoms with Gasteiger partial charge in [0.05, 0.1) is 18.1 Å². The summed E-state index contributed by atoms with van der Waals surface area (Å²) in [6, 6.07) is 13.6. The summed E-state index contributed by atoms with van der Waals surface area (Å²) in [7, 11) is 0. The van der Waals surface area contributed by atoms with Gasteiger partial charge in [0.15, 0.2) is 10.9 Å².